The van der Waals surface area contributed by atoms with E-state index in [1.165, 1.54) is 11.3 Å². The molecule has 2 rings (SSSR count). The normalized spacial score (nSPS) is 9.81. The minimum atomic E-state index is -0.210. The third-order valence-electron chi connectivity index (χ3n) is 1.75. The van der Waals surface area contributed by atoms with Crippen molar-refractivity contribution in [2.45, 2.75) is 0 Å². The highest BCUT2D eigenvalue weighted by Gasteiger charge is 2.08. The lowest BCUT2D eigenvalue weighted by Gasteiger charge is -1.98. The first kappa shape index (κ1) is 10.5. The van der Waals surface area contributed by atoms with E-state index in [2.05, 4.69) is 25.6 Å². The second-order valence-electron chi connectivity index (χ2n) is 2.81. The standard InChI is InChI=1S/C9H9N5OS/c1-10-7(15)6-5-16-9(13-6)14-8-11-3-2-4-12-8/h2-5H,1H3,(H,10,15)(H,11,12,13,14). The second-order valence-corrected chi connectivity index (χ2v) is 3.67. The third kappa shape index (κ3) is 2.31. The van der Waals surface area contributed by atoms with Crippen LogP contribution < -0.4 is 10.6 Å². The molecule has 0 spiro atoms. The largest absolute Gasteiger partial charge is 0.354 e. The van der Waals surface area contributed by atoms with E-state index in [4.69, 9.17) is 0 Å². The van der Waals surface area contributed by atoms with Gasteiger partial charge in [0, 0.05) is 24.8 Å². The molecule has 0 unspecified atom stereocenters. The Morgan fingerprint density at radius 2 is 2.12 bits per heavy atom. The smallest absolute Gasteiger partial charge is 0.270 e. The van der Waals surface area contributed by atoms with E-state index in [1.807, 2.05) is 0 Å². The summed E-state index contributed by atoms with van der Waals surface area (Å²) in [7, 11) is 1.56. The lowest BCUT2D eigenvalue weighted by atomic mass is 10.5. The van der Waals surface area contributed by atoms with Gasteiger partial charge in [0.25, 0.3) is 5.91 Å². The third-order valence-corrected chi connectivity index (χ3v) is 2.51. The first-order valence-corrected chi connectivity index (χ1v) is 5.39. The van der Waals surface area contributed by atoms with Crippen LogP contribution in [0.3, 0.4) is 0 Å². The summed E-state index contributed by atoms with van der Waals surface area (Å²) in [4.78, 5) is 23.3. The van der Waals surface area contributed by atoms with E-state index in [0.29, 0.717) is 16.8 Å². The Morgan fingerprint density at radius 1 is 1.38 bits per heavy atom. The van der Waals surface area contributed by atoms with Gasteiger partial charge < -0.3 is 10.6 Å². The molecule has 0 saturated carbocycles. The molecule has 7 heteroatoms. The van der Waals surface area contributed by atoms with Gasteiger partial charge >= 0.3 is 0 Å². The number of aromatic nitrogens is 3. The predicted molar refractivity (Wildman–Crippen MR) is 60.8 cm³/mol. The number of rotatable bonds is 3. The highest BCUT2D eigenvalue weighted by Crippen LogP contribution is 2.17. The van der Waals surface area contributed by atoms with Crippen molar-refractivity contribution >= 4 is 28.3 Å². The molecule has 16 heavy (non-hydrogen) atoms. The first-order chi connectivity index (χ1) is 7.79. The van der Waals surface area contributed by atoms with Crippen LogP contribution in [0, 0.1) is 0 Å². The van der Waals surface area contributed by atoms with Crippen molar-refractivity contribution in [2.24, 2.45) is 0 Å². The van der Waals surface area contributed by atoms with E-state index in [9.17, 15) is 4.79 Å². The SMILES string of the molecule is CNC(=O)c1csc(Nc2ncccn2)n1. The average molecular weight is 235 g/mol. The quantitative estimate of drug-likeness (QED) is 0.830. The lowest BCUT2D eigenvalue weighted by molar-refractivity contribution is 0.0959. The Kier molecular flexibility index (Phi) is 3.06. The Morgan fingerprint density at radius 3 is 2.81 bits per heavy atom. The summed E-state index contributed by atoms with van der Waals surface area (Å²) in [5.41, 5.74) is 0.380. The number of hydrogen-bond acceptors (Lipinski definition) is 6. The van der Waals surface area contributed by atoms with Gasteiger partial charge in [0.2, 0.25) is 5.95 Å². The van der Waals surface area contributed by atoms with Crippen LogP contribution in [0.25, 0.3) is 0 Å². The molecular formula is C9H9N5OS. The topological polar surface area (TPSA) is 79.8 Å². The van der Waals surface area contributed by atoms with Gasteiger partial charge in [0.05, 0.1) is 0 Å². The summed E-state index contributed by atoms with van der Waals surface area (Å²) in [6, 6.07) is 1.73. The summed E-state index contributed by atoms with van der Waals surface area (Å²) in [6.07, 6.45) is 3.26. The zero-order valence-electron chi connectivity index (χ0n) is 8.47. The number of nitrogens with zero attached hydrogens (tertiary/aromatic N) is 3. The maximum Gasteiger partial charge on any atom is 0.270 e. The molecule has 0 aliphatic rings. The van der Waals surface area contributed by atoms with Crippen molar-refractivity contribution in [2.75, 3.05) is 12.4 Å². The van der Waals surface area contributed by atoms with Gasteiger partial charge in [0.1, 0.15) is 5.69 Å². The highest BCUT2D eigenvalue weighted by atomic mass is 32.1. The fourth-order valence-electron chi connectivity index (χ4n) is 1.02. The summed E-state index contributed by atoms with van der Waals surface area (Å²) in [5.74, 6) is 0.249. The number of amides is 1. The van der Waals surface area contributed by atoms with Crippen LogP contribution in [0.2, 0.25) is 0 Å². The van der Waals surface area contributed by atoms with Crippen LogP contribution in [0.15, 0.2) is 23.8 Å². The monoisotopic (exact) mass is 235 g/mol. The van der Waals surface area contributed by atoms with Crippen molar-refractivity contribution in [3.05, 3.63) is 29.5 Å². The van der Waals surface area contributed by atoms with E-state index < -0.39 is 0 Å². The molecule has 0 fully saturated rings. The molecule has 0 aromatic carbocycles. The molecule has 0 aliphatic carbocycles. The molecule has 0 atom stereocenters. The van der Waals surface area contributed by atoms with Crippen LogP contribution in [0.4, 0.5) is 11.1 Å². The van der Waals surface area contributed by atoms with Gasteiger partial charge in [-0.3, -0.25) is 4.79 Å². The number of nitrogens with one attached hydrogen (secondary N) is 2. The number of anilines is 2. The molecule has 1 amide bonds. The van der Waals surface area contributed by atoms with E-state index in [1.54, 1.807) is 30.9 Å². The Balaban J connectivity index is 2.12. The summed E-state index contributed by atoms with van der Waals surface area (Å²) in [5, 5.41) is 7.67. The Labute approximate surface area is 95.8 Å². The fraction of sp³-hybridized carbons (Fsp3) is 0.111. The molecule has 82 valence electrons. The Bertz CT molecular complexity index is 484. The number of carbonyl (C=O) groups is 1. The number of thiazole rings is 1. The lowest BCUT2D eigenvalue weighted by Crippen LogP contribution is -2.18. The fourth-order valence-corrected chi connectivity index (χ4v) is 1.71. The molecule has 2 heterocycles. The zero-order chi connectivity index (χ0) is 11.4. The van der Waals surface area contributed by atoms with Crippen molar-refractivity contribution in [3.63, 3.8) is 0 Å². The minimum Gasteiger partial charge on any atom is -0.354 e. The van der Waals surface area contributed by atoms with Crippen molar-refractivity contribution < 1.29 is 4.79 Å². The Hall–Kier alpha value is -2.02. The molecule has 2 N–H and O–H groups in total. The van der Waals surface area contributed by atoms with Gasteiger partial charge in [-0.05, 0) is 6.07 Å². The first-order valence-electron chi connectivity index (χ1n) is 4.51. The van der Waals surface area contributed by atoms with Crippen LogP contribution in [0.5, 0.6) is 0 Å². The molecule has 0 radical (unpaired) electrons. The van der Waals surface area contributed by atoms with Crippen molar-refractivity contribution in [3.8, 4) is 0 Å². The van der Waals surface area contributed by atoms with Crippen molar-refractivity contribution in [1.82, 2.24) is 20.3 Å². The average Bonchev–Trinajstić information content (AvgIpc) is 2.78. The van der Waals surface area contributed by atoms with Gasteiger partial charge in [0.15, 0.2) is 5.13 Å². The minimum absolute atomic E-state index is 0.210. The summed E-state index contributed by atoms with van der Waals surface area (Å²) in [6.45, 7) is 0. The molecule has 0 saturated heterocycles. The van der Waals surface area contributed by atoms with Crippen LogP contribution in [-0.4, -0.2) is 27.9 Å². The molecular weight excluding hydrogens is 226 g/mol. The van der Waals surface area contributed by atoms with Crippen molar-refractivity contribution in [1.29, 1.82) is 0 Å². The molecule has 6 nitrogen and oxygen atoms in total. The second kappa shape index (κ2) is 4.67. The van der Waals surface area contributed by atoms with Crippen LogP contribution >= 0.6 is 11.3 Å². The van der Waals surface area contributed by atoms with E-state index in [-0.39, 0.29) is 5.91 Å². The van der Waals surface area contributed by atoms with Gasteiger partial charge in [-0.15, -0.1) is 11.3 Å². The zero-order valence-corrected chi connectivity index (χ0v) is 9.28. The molecule has 0 bridgehead atoms. The predicted octanol–water partition coefficient (Wildman–Crippen LogP) is 1.04. The van der Waals surface area contributed by atoms with Crippen LogP contribution in [-0.2, 0) is 0 Å². The maximum atomic E-state index is 11.3. The van der Waals surface area contributed by atoms with Crippen LogP contribution in [0.1, 0.15) is 10.5 Å². The molecule has 0 aliphatic heterocycles. The van der Waals surface area contributed by atoms with Gasteiger partial charge in [-0.2, -0.15) is 0 Å². The summed E-state index contributed by atoms with van der Waals surface area (Å²) < 4.78 is 0. The van der Waals surface area contributed by atoms with Gasteiger partial charge in [-0.25, -0.2) is 15.0 Å². The highest BCUT2D eigenvalue weighted by molar-refractivity contribution is 7.14. The summed E-state index contributed by atoms with van der Waals surface area (Å²) >= 11 is 1.33. The maximum absolute atomic E-state index is 11.3. The van der Waals surface area contributed by atoms with Gasteiger partial charge in [-0.1, -0.05) is 0 Å². The number of hydrogen-bond donors (Lipinski definition) is 2. The molecule has 2 aromatic rings. The molecule has 2 aromatic heterocycles. The van der Waals surface area contributed by atoms with E-state index >= 15 is 0 Å². The van der Waals surface area contributed by atoms with E-state index in [0.717, 1.165) is 0 Å². The number of carbonyl (C=O) groups excluding carboxylic acids is 1.